The standard InChI is InChI=1S/C16H23FN2O3.ClH/c1-10(19-15(20)16(18)6-4-5-7-16)11-8-13(21-2)14(22-3)9-12(11)17;/h8-10H,4-7,18H2,1-3H3,(H,19,20);1H. The maximum Gasteiger partial charge on any atom is 0.240 e. The van der Waals surface area contributed by atoms with Gasteiger partial charge in [0.15, 0.2) is 11.5 Å². The Balaban J connectivity index is 0.00000264. The lowest BCUT2D eigenvalue weighted by molar-refractivity contribution is -0.126. The highest BCUT2D eigenvalue weighted by Crippen LogP contribution is 2.33. The van der Waals surface area contributed by atoms with Crippen molar-refractivity contribution in [3.05, 3.63) is 23.5 Å². The minimum Gasteiger partial charge on any atom is -0.493 e. The Morgan fingerprint density at radius 1 is 1.26 bits per heavy atom. The summed E-state index contributed by atoms with van der Waals surface area (Å²) in [6.45, 7) is 1.72. The van der Waals surface area contributed by atoms with E-state index in [0.717, 1.165) is 12.8 Å². The molecule has 0 spiro atoms. The fourth-order valence-corrected chi connectivity index (χ4v) is 2.85. The van der Waals surface area contributed by atoms with Gasteiger partial charge in [0.1, 0.15) is 5.82 Å². The van der Waals surface area contributed by atoms with Crippen molar-refractivity contribution >= 4 is 18.3 Å². The van der Waals surface area contributed by atoms with Crippen LogP contribution in [0.2, 0.25) is 0 Å². The Kier molecular flexibility index (Phi) is 6.65. The molecule has 0 aliphatic heterocycles. The third-order valence-corrected chi connectivity index (χ3v) is 4.26. The van der Waals surface area contributed by atoms with Crippen LogP contribution in [0.15, 0.2) is 12.1 Å². The number of carbonyl (C=O) groups excluding carboxylic acids is 1. The van der Waals surface area contributed by atoms with E-state index >= 15 is 0 Å². The molecule has 1 atom stereocenters. The van der Waals surface area contributed by atoms with E-state index in [0.29, 0.717) is 29.9 Å². The number of ether oxygens (including phenoxy) is 2. The molecule has 1 unspecified atom stereocenters. The number of carbonyl (C=O) groups is 1. The number of methoxy groups -OCH3 is 2. The predicted molar refractivity (Wildman–Crippen MR) is 88.7 cm³/mol. The Bertz CT molecular complexity index is 563. The average Bonchev–Trinajstić information content (AvgIpc) is 2.94. The molecule has 7 heteroatoms. The molecule has 23 heavy (non-hydrogen) atoms. The summed E-state index contributed by atoms with van der Waals surface area (Å²) in [5, 5.41) is 2.81. The predicted octanol–water partition coefficient (Wildman–Crippen LogP) is 2.71. The normalized spacial score (nSPS) is 17.1. The Labute approximate surface area is 142 Å². The topological polar surface area (TPSA) is 73.6 Å². The first-order valence-electron chi connectivity index (χ1n) is 7.42. The van der Waals surface area contributed by atoms with Crippen LogP contribution >= 0.6 is 12.4 Å². The van der Waals surface area contributed by atoms with Gasteiger partial charge in [-0.1, -0.05) is 12.8 Å². The zero-order valence-electron chi connectivity index (χ0n) is 13.6. The zero-order valence-corrected chi connectivity index (χ0v) is 14.5. The molecule has 1 aliphatic rings. The molecule has 1 amide bonds. The van der Waals surface area contributed by atoms with Gasteiger partial charge in [-0.3, -0.25) is 4.79 Å². The lowest BCUT2D eigenvalue weighted by atomic mass is 9.97. The second-order valence-corrected chi connectivity index (χ2v) is 5.79. The van der Waals surface area contributed by atoms with Gasteiger partial charge in [-0.05, 0) is 25.8 Å². The quantitative estimate of drug-likeness (QED) is 0.859. The van der Waals surface area contributed by atoms with Gasteiger partial charge < -0.3 is 20.5 Å². The monoisotopic (exact) mass is 346 g/mol. The molecule has 2 rings (SSSR count). The summed E-state index contributed by atoms with van der Waals surface area (Å²) in [6.07, 6.45) is 3.23. The van der Waals surface area contributed by atoms with Gasteiger partial charge in [0.2, 0.25) is 5.91 Å². The smallest absolute Gasteiger partial charge is 0.240 e. The molecule has 5 nitrogen and oxygen atoms in total. The van der Waals surface area contributed by atoms with Crippen molar-refractivity contribution in [1.82, 2.24) is 5.32 Å². The first-order valence-corrected chi connectivity index (χ1v) is 7.42. The van der Waals surface area contributed by atoms with Gasteiger partial charge in [-0.25, -0.2) is 4.39 Å². The van der Waals surface area contributed by atoms with E-state index in [1.165, 1.54) is 26.4 Å². The van der Waals surface area contributed by atoms with Crippen LogP contribution in [0, 0.1) is 5.82 Å². The highest BCUT2D eigenvalue weighted by molar-refractivity contribution is 5.86. The van der Waals surface area contributed by atoms with Crippen molar-refractivity contribution in [2.24, 2.45) is 5.73 Å². The minimum absolute atomic E-state index is 0. The van der Waals surface area contributed by atoms with E-state index in [9.17, 15) is 9.18 Å². The number of nitrogens with two attached hydrogens (primary N) is 1. The van der Waals surface area contributed by atoms with Crippen molar-refractivity contribution < 1.29 is 18.7 Å². The van der Waals surface area contributed by atoms with Crippen LogP contribution in [0.1, 0.15) is 44.2 Å². The summed E-state index contributed by atoms with van der Waals surface area (Å²) in [5.41, 5.74) is 5.63. The van der Waals surface area contributed by atoms with Gasteiger partial charge in [0.25, 0.3) is 0 Å². The highest BCUT2D eigenvalue weighted by Gasteiger charge is 2.37. The van der Waals surface area contributed by atoms with Gasteiger partial charge in [-0.15, -0.1) is 12.4 Å². The summed E-state index contributed by atoms with van der Waals surface area (Å²) in [7, 11) is 2.93. The maximum absolute atomic E-state index is 14.2. The van der Waals surface area contributed by atoms with Gasteiger partial charge in [0.05, 0.1) is 25.8 Å². The zero-order chi connectivity index (χ0) is 16.3. The summed E-state index contributed by atoms with van der Waals surface area (Å²) < 4.78 is 24.4. The molecule has 1 saturated carbocycles. The Morgan fingerprint density at radius 2 is 1.78 bits per heavy atom. The SMILES string of the molecule is COc1cc(F)c(C(C)NC(=O)C2(N)CCCC2)cc1OC.Cl. The summed E-state index contributed by atoms with van der Waals surface area (Å²) in [5.74, 6) is 0.0475. The largest absolute Gasteiger partial charge is 0.493 e. The van der Waals surface area contributed by atoms with E-state index in [1.807, 2.05) is 0 Å². The second kappa shape index (κ2) is 7.84. The number of rotatable bonds is 5. The fraction of sp³-hybridized carbons (Fsp3) is 0.562. The molecule has 0 aromatic heterocycles. The van der Waals surface area contributed by atoms with Gasteiger partial charge >= 0.3 is 0 Å². The van der Waals surface area contributed by atoms with Crippen LogP contribution in [0.4, 0.5) is 4.39 Å². The van der Waals surface area contributed by atoms with Crippen molar-refractivity contribution in [2.75, 3.05) is 14.2 Å². The van der Waals surface area contributed by atoms with Crippen molar-refractivity contribution in [3.8, 4) is 11.5 Å². The highest BCUT2D eigenvalue weighted by atomic mass is 35.5. The minimum atomic E-state index is -0.832. The van der Waals surface area contributed by atoms with Crippen LogP contribution in [0.5, 0.6) is 11.5 Å². The van der Waals surface area contributed by atoms with Crippen molar-refractivity contribution in [3.63, 3.8) is 0 Å². The Morgan fingerprint density at radius 3 is 2.30 bits per heavy atom. The summed E-state index contributed by atoms with van der Waals surface area (Å²) in [4.78, 5) is 12.3. The third-order valence-electron chi connectivity index (χ3n) is 4.26. The fourth-order valence-electron chi connectivity index (χ4n) is 2.85. The maximum atomic E-state index is 14.2. The van der Waals surface area contributed by atoms with E-state index in [4.69, 9.17) is 15.2 Å². The van der Waals surface area contributed by atoms with Crippen LogP contribution in [-0.2, 0) is 4.79 Å². The van der Waals surface area contributed by atoms with Crippen LogP contribution in [0.3, 0.4) is 0 Å². The number of hydrogen-bond acceptors (Lipinski definition) is 4. The number of hydrogen-bond donors (Lipinski definition) is 2. The van der Waals surface area contributed by atoms with Gasteiger partial charge in [-0.2, -0.15) is 0 Å². The van der Waals surface area contributed by atoms with E-state index in [2.05, 4.69) is 5.32 Å². The molecule has 1 fully saturated rings. The van der Waals surface area contributed by atoms with Gasteiger partial charge in [0, 0.05) is 11.6 Å². The number of amides is 1. The molecule has 0 radical (unpaired) electrons. The van der Waals surface area contributed by atoms with E-state index in [-0.39, 0.29) is 18.3 Å². The van der Waals surface area contributed by atoms with E-state index < -0.39 is 17.4 Å². The molecule has 0 heterocycles. The molecule has 0 saturated heterocycles. The summed E-state index contributed by atoms with van der Waals surface area (Å²) >= 11 is 0. The van der Waals surface area contributed by atoms with Crippen molar-refractivity contribution in [1.29, 1.82) is 0 Å². The second-order valence-electron chi connectivity index (χ2n) is 5.79. The third kappa shape index (κ3) is 4.06. The molecule has 1 aromatic carbocycles. The lowest BCUT2D eigenvalue weighted by Crippen LogP contribution is -2.52. The van der Waals surface area contributed by atoms with E-state index in [1.54, 1.807) is 6.92 Å². The molecule has 3 N–H and O–H groups in total. The van der Waals surface area contributed by atoms with Crippen molar-refractivity contribution in [2.45, 2.75) is 44.2 Å². The number of halogens is 2. The number of benzene rings is 1. The molecule has 1 aromatic rings. The molecular weight excluding hydrogens is 323 g/mol. The lowest BCUT2D eigenvalue weighted by Gasteiger charge is -2.25. The Hall–Kier alpha value is -1.53. The summed E-state index contributed by atoms with van der Waals surface area (Å²) in [6, 6.07) is 2.29. The first kappa shape index (κ1) is 19.5. The molecular formula is C16H24ClFN2O3. The average molecular weight is 347 g/mol. The van der Waals surface area contributed by atoms with Crippen LogP contribution in [0.25, 0.3) is 0 Å². The molecule has 0 bridgehead atoms. The molecule has 130 valence electrons. The first-order chi connectivity index (χ1) is 10.4. The molecule has 1 aliphatic carbocycles. The van der Waals surface area contributed by atoms with Crippen LogP contribution < -0.4 is 20.5 Å². The number of nitrogens with one attached hydrogen (secondary N) is 1. The van der Waals surface area contributed by atoms with Crippen LogP contribution in [-0.4, -0.2) is 25.7 Å².